The molecule has 0 aliphatic rings. The highest BCUT2D eigenvalue weighted by Crippen LogP contribution is 2.07. The van der Waals surface area contributed by atoms with E-state index >= 15 is 0 Å². The summed E-state index contributed by atoms with van der Waals surface area (Å²) < 4.78 is 10.1. The predicted octanol–water partition coefficient (Wildman–Crippen LogP) is 1.34. The number of carbonyl (C=O) groups excluding carboxylic acids is 1. The second kappa shape index (κ2) is 6.80. The fourth-order valence-electron chi connectivity index (χ4n) is 1.12. The lowest BCUT2D eigenvalue weighted by atomic mass is 10.2. The second-order valence-corrected chi connectivity index (χ2v) is 4.65. The number of rotatable bonds is 6. The smallest absolute Gasteiger partial charge is 0.307 e. The van der Waals surface area contributed by atoms with Gasteiger partial charge >= 0.3 is 5.97 Å². The van der Waals surface area contributed by atoms with E-state index in [1.807, 2.05) is 27.7 Å². The van der Waals surface area contributed by atoms with E-state index in [0.29, 0.717) is 19.6 Å². The van der Waals surface area contributed by atoms with Crippen LogP contribution in [0, 0.1) is 0 Å². The van der Waals surface area contributed by atoms with Gasteiger partial charge in [0.1, 0.15) is 5.60 Å². The van der Waals surface area contributed by atoms with Gasteiger partial charge in [0, 0.05) is 19.7 Å². The minimum atomic E-state index is -0.394. The zero-order chi connectivity index (χ0) is 11.9. The molecule has 15 heavy (non-hydrogen) atoms. The Balaban J connectivity index is 3.55. The monoisotopic (exact) mass is 217 g/mol. The Bertz CT molecular complexity index is 187. The van der Waals surface area contributed by atoms with Crippen LogP contribution in [0.2, 0.25) is 0 Å². The molecule has 90 valence electrons. The lowest BCUT2D eigenvalue weighted by Crippen LogP contribution is -2.33. The molecule has 1 atom stereocenters. The highest BCUT2D eigenvalue weighted by Gasteiger charge is 2.15. The molecule has 0 radical (unpaired) electrons. The van der Waals surface area contributed by atoms with Crippen LogP contribution >= 0.6 is 0 Å². The fourth-order valence-corrected chi connectivity index (χ4v) is 1.12. The van der Waals surface area contributed by atoms with Crippen LogP contribution in [0.25, 0.3) is 0 Å². The van der Waals surface area contributed by atoms with Crippen LogP contribution in [0.5, 0.6) is 0 Å². The minimum absolute atomic E-state index is 0.167. The molecule has 0 saturated heterocycles. The standard InChI is InChI=1S/C11H23NO3/c1-9(8-14-5)12-7-6-10(13)15-11(2,3)4/h9,12H,6-8H2,1-5H3/t9-/m1/s1. The van der Waals surface area contributed by atoms with Gasteiger partial charge in [-0.2, -0.15) is 0 Å². The number of hydrogen-bond acceptors (Lipinski definition) is 4. The van der Waals surface area contributed by atoms with Gasteiger partial charge in [-0.05, 0) is 27.7 Å². The van der Waals surface area contributed by atoms with Crippen molar-refractivity contribution in [3.05, 3.63) is 0 Å². The number of ether oxygens (including phenoxy) is 2. The highest BCUT2D eigenvalue weighted by molar-refractivity contribution is 5.70. The van der Waals surface area contributed by atoms with E-state index in [1.165, 1.54) is 0 Å². The average Bonchev–Trinajstić information content (AvgIpc) is 2.00. The first-order chi connectivity index (χ1) is 6.85. The molecule has 0 aromatic carbocycles. The highest BCUT2D eigenvalue weighted by atomic mass is 16.6. The van der Waals surface area contributed by atoms with Crippen LogP contribution in [-0.4, -0.2) is 37.9 Å². The van der Waals surface area contributed by atoms with E-state index in [9.17, 15) is 4.79 Å². The summed E-state index contributed by atoms with van der Waals surface area (Å²) in [5.41, 5.74) is -0.394. The molecule has 0 fully saturated rings. The zero-order valence-electron chi connectivity index (χ0n) is 10.4. The van der Waals surface area contributed by atoms with Crippen LogP contribution in [0.1, 0.15) is 34.1 Å². The van der Waals surface area contributed by atoms with Crippen molar-refractivity contribution < 1.29 is 14.3 Å². The fraction of sp³-hybridized carbons (Fsp3) is 0.909. The first-order valence-electron chi connectivity index (χ1n) is 5.29. The minimum Gasteiger partial charge on any atom is -0.460 e. The van der Waals surface area contributed by atoms with E-state index in [2.05, 4.69) is 5.32 Å². The first kappa shape index (κ1) is 14.4. The molecule has 0 aromatic rings. The number of methoxy groups -OCH3 is 1. The molecule has 4 heteroatoms. The van der Waals surface area contributed by atoms with Crippen LogP contribution in [-0.2, 0) is 14.3 Å². The Labute approximate surface area is 92.3 Å². The summed E-state index contributed by atoms with van der Waals surface area (Å²) >= 11 is 0. The number of esters is 1. The number of carbonyl (C=O) groups is 1. The maximum atomic E-state index is 11.3. The van der Waals surface area contributed by atoms with Gasteiger partial charge in [0.15, 0.2) is 0 Å². The van der Waals surface area contributed by atoms with E-state index < -0.39 is 5.60 Å². The third-order valence-corrected chi connectivity index (χ3v) is 1.66. The summed E-state index contributed by atoms with van der Waals surface area (Å²) in [6.45, 7) is 8.88. The molecule has 0 aliphatic carbocycles. The topological polar surface area (TPSA) is 47.6 Å². The van der Waals surface area contributed by atoms with E-state index in [1.54, 1.807) is 7.11 Å². The Hall–Kier alpha value is -0.610. The predicted molar refractivity (Wildman–Crippen MR) is 59.8 cm³/mol. The van der Waals surface area contributed by atoms with Gasteiger partial charge in [0.05, 0.1) is 13.0 Å². The quantitative estimate of drug-likeness (QED) is 0.682. The van der Waals surface area contributed by atoms with Crippen molar-refractivity contribution >= 4 is 5.97 Å². The summed E-state index contributed by atoms with van der Waals surface area (Å²) in [6.07, 6.45) is 0.394. The molecule has 0 heterocycles. The van der Waals surface area contributed by atoms with Gasteiger partial charge in [0.25, 0.3) is 0 Å². The molecular formula is C11H23NO3. The normalized spacial score (nSPS) is 13.7. The van der Waals surface area contributed by atoms with Gasteiger partial charge in [-0.25, -0.2) is 0 Å². The molecule has 0 spiro atoms. The molecule has 0 aliphatic heterocycles. The third-order valence-electron chi connectivity index (χ3n) is 1.66. The largest absolute Gasteiger partial charge is 0.460 e. The molecule has 0 bridgehead atoms. The first-order valence-corrected chi connectivity index (χ1v) is 5.29. The molecule has 1 N–H and O–H groups in total. The van der Waals surface area contributed by atoms with Crippen molar-refractivity contribution in [1.82, 2.24) is 5.32 Å². The third kappa shape index (κ3) is 9.69. The summed E-state index contributed by atoms with van der Waals surface area (Å²) in [6, 6.07) is 0.262. The zero-order valence-corrected chi connectivity index (χ0v) is 10.4. The van der Waals surface area contributed by atoms with Crippen LogP contribution in [0.3, 0.4) is 0 Å². The van der Waals surface area contributed by atoms with Gasteiger partial charge in [-0.1, -0.05) is 0 Å². The Kier molecular flexibility index (Phi) is 6.52. The summed E-state index contributed by atoms with van der Waals surface area (Å²) in [4.78, 5) is 11.3. The lowest BCUT2D eigenvalue weighted by Gasteiger charge is -2.20. The Morgan fingerprint density at radius 1 is 1.40 bits per heavy atom. The second-order valence-electron chi connectivity index (χ2n) is 4.65. The summed E-state index contributed by atoms with van der Waals surface area (Å²) in [5.74, 6) is -0.167. The molecular weight excluding hydrogens is 194 g/mol. The Morgan fingerprint density at radius 3 is 2.47 bits per heavy atom. The summed E-state index contributed by atoms with van der Waals surface area (Å²) in [7, 11) is 1.66. The van der Waals surface area contributed by atoms with Crippen LogP contribution < -0.4 is 5.32 Å². The van der Waals surface area contributed by atoms with E-state index in [4.69, 9.17) is 9.47 Å². The Morgan fingerprint density at radius 2 is 2.00 bits per heavy atom. The van der Waals surface area contributed by atoms with Crippen molar-refractivity contribution in [3.63, 3.8) is 0 Å². The molecule has 0 unspecified atom stereocenters. The van der Waals surface area contributed by atoms with Crippen molar-refractivity contribution in [2.45, 2.75) is 45.8 Å². The molecule has 4 nitrogen and oxygen atoms in total. The molecule has 0 amide bonds. The van der Waals surface area contributed by atoms with Crippen molar-refractivity contribution in [3.8, 4) is 0 Å². The SMILES string of the molecule is COC[C@@H](C)NCCC(=O)OC(C)(C)C. The molecule has 0 saturated carbocycles. The van der Waals surface area contributed by atoms with Crippen molar-refractivity contribution in [2.75, 3.05) is 20.3 Å². The van der Waals surface area contributed by atoms with Crippen LogP contribution in [0.4, 0.5) is 0 Å². The van der Waals surface area contributed by atoms with E-state index in [0.717, 1.165) is 0 Å². The van der Waals surface area contributed by atoms with Gasteiger partial charge < -0.3 is 14.8 Å². The van der Waals surface area contributed by atoms with E-state index in [-0.39, 0.29) is 12.0 Å². The lowest BCUT2D eigenvalue weighted by molar-refractivity contribution is -0.154. The maximum absolute atomic E-state index is 11.3. The maximum Gasteiger partial charge on any atom is 0.307 e. The van der Waals surface area contributed by atoms with Gasteiger partial charge in [-0.3, -0.25) is 4.79 Å². The number of hydrogen-bond donors (Lipinski definition) is 1. The molecule has 0 rings (SSSR count). The molecule has 0 aromatic heterocycles. The average molecular weight is 217 g/mol. The van der Waals surface area contributed by atoms with Crippen LogP contribution in [0.15, 0.2) is 0 Å². The van der Waals surface area contributed by atoms with Gasteiger partial charge in [-0.15, -0.1) is 0 Å². The number of nitrogens with one attached hydrogen (secondary N) is 1. The van der Waals surface area contributed by atoms with Gasteiger partial charge in [0.2, 0.25) is 0 Å². The van der Waals surface area contributed by atoms with Crippen molar-refractivity contribution in [1.29, 1.82) is 0 Å². The van der Waals surface area contributed by atoms with Crippen molar-refractivity contribution in [2.24, 2.45) is 0 Å². The summed E-state index contributed by atoms with van der Waals surface area (Å²) in [5, 5.41) is 3.17.